The Labute approximate surface area is 132 Å². The van der Waals surface area contributed by atoms with Gasteiger partial charge in [0.25, 0.3) is 0 Å². The van der Waals surface area contributed by atoms with Crippen LogP contribution in [-0.4, -0.2) is 37.7 Å². The van der Waals surface area contributed by atoms with Gasteiger partial charge in [-0.15, -0.1) is 0 Å². The molecular formula is C18H25NO3. The molecule has 1 saturated heterocycles. The Morgan fingerprint density at radius 3 is 2.82 bits per heavy atom. The molecule has 1 aromatic carbocycles. The molecule has 0 amide bonds. The van der Waals surface area contributed by atoms with Crippen molar-refractivity contribution in [2.45, 2.75) is 38.4 Å². The molecule has 4 heteroatoms. The zero-order valence-electron chi connectivity index (χ0n) is 13.6. The van der Waals surface area contributed by atoms with E-state index in [2.05, 4.69) is 19.2 Å². The topological polar surface area (TPSA) is 47.6 Å². The fraction of sp³-hybridized carbons (Fsp3) is 0.500. The lowest BCUT2D eigenvalue weighted by molar-refractivity contribution is -0.121. The monoisotopic (exact) mass is 303 g/mol. The number of ether oxygens (including phenoxy) is 2. The lowest BCUT2D eigenvalue weighted by atomic mass is 9.96. The number of methoxy groups -OCH3 is 1. The minimum Gasteiger partial charge on any atom is -0.497 e. The van der Waals surface area contributed by atoms with Crippen LogP contribution in [0.3, 0.4) is 0 Å². The SMILES string of the molecule is COc1ccc(C=CC(=O)CCC2(C)CNCC(C)O2)cc1. The van der Waals surface area contributed by atoms with Gasteiger partial charge in [-0.05, 0) is 44.0 Å². The second kappa shape index (κ2) is 7.56. The molecule has 0 aromatic heterocycles. The second-order valence-electron chi connectivity index (χ2n) is 6.08. The molecule has 0 spiro atoms. The zero-order valence-corrected chi connectivity index (χ0v) is 13.6. The van der Waals surface area contributed by atoms with Crippen molar-refractivity contribution in [1.29, 1.82) is 0 Å². The van der Waals surface area contributed by atoms with Gasteiger partial charge < -0.3 is 14.8 Å². The predicted molar refractivity (Wildman–Crippen MR) is 88.1 cm³/mol. The number of rotatable bonds is 6. The minimum atomic E-state index is -0.249. The molecule has 1 aliphatic rings. The number of hydrogen-bond donors (Lipinski definition) is 1. The van der Waals surface area contributed by atoms with Gasteiger partial charge >= 0.3 is 0 Å². The molecule has 2 atom stereocenters. The Morgan fingerprint density at radius 1 is 1.45 bits per heavy atom. The quantitative estimate of drug-likeness (QED) is 0.821. The third kappa shape index (κ3) is 4.97. The van der Waals surface area contributed by atoms with E-state index in [1.165, 1.54) is 0 Å². The highest BCUT2D eigenvalue weighted by Crippen LogP contribution is 2.22. The van der Waals surface area contributed by atoms with Gasteiger partial charge in [0, 0.05) is 19.5 Å². The molecule has 22 heavy (non-hydrogen) atoms. The molecule has 4 nitrogen and oxygen atoms in total. The van der Waals surface area contributed by atoms with Gasteiger partial charge in [-0.25, -0.2) is 0 Å². The van der Waals surface area contributed by atoms with E-state index in [0.717, 1.165) is 30.8 Å². The number of carbonyl (C=O) groups excluding carboxylic acids is 1. The van der Waals surface area contributed by atoms with Gasteiger partial charge in [0.05, 0.1) is 18.8 Å². The van der Waals surface area contributed by atoms with E-state index < -0.39 is 0 Å². The second-order valence-corrected chi connectivity index (χ2v) is 6.08. The highest BCUT2D eigenvalue weighted by atomic mass is 16.5. The molecule has 2 rings (SSSR count). The van der Waals surface area contributed by atoms with E-state index in [1.54, 1.807) is 13.2 Å². The molecule has 1 heterocycles. The first-order valence-electron chi connectivity index (χ1n) is 7.74. The van der Waals surface area contributed by atoms with Crippen molar-refractivity contribution in [2.24, 2.45) is 0 Å². The fourth-order valence-electron chi connectivity index (χ4n) is 2.63. The van der Waals surface area contributed by atoms with Gasteiger partial charge in [-0.3, -0.25) is 4.79 Å². The van der Waals surface area contributed by atoms with Gasteiger partial charge in [-0.2, -0.15) is 0 Å². The Bertz CT molecular complexity index is 524. The molecule has 1 fully saturated rings. The van der Waals surface area contributed by atoms with Crippen LogP contribution in [0.1, 0.15) is 32.3 Å². The molecular weight excluding hydrogens is 278 g/mol. The number of allylic oxidation sites excluding steroid dienone is 1. The molecule has 1 aliphatic heterocycles. The van der Waals surface area contributed by atoms with Crippen LogP contribution in [0.4, 0.5) is 0 Å². The standard InChI is InChI=1S/C18H25NO3/c1-14-12-19-13-18(2,22-14)11-10-16(20)7-4-15-5-8-17(21-3)9-6-15/h4-9,14,19H,10-13H2,1-3H3. The highest BCUT2D eigenvalue weighted by molar-refractivity contribution is 5.93. The molecule has 1 N–H and O–H groups in total. The van der Waals surface area contributed by atoms with E-state index >= 15 is 0 Å². The number of nitrogens with one attached hydrogen (secondary N) is 1. The minimum absolute atomic E-state index is 0.124. The van der Waals surface area contributed by atoms with Crippen LogP contribution in [0.2, 0.25) is 0 Å². The van der Waals surface area contributed by atoms with Crippen molar-refractivity contribution in [2.75, 3.05) is 20.2 Å². The van der Waals surface area contributed by atoms with Crippen LogP contribution in [0.5, 0.6) is 5.75 Å². The van der Waals surface area contributed by atoms with E-state index in [0.29, 0.717) is 6.42 Å². The van der Waals surface area contributed by atoms with Crippen LogP contribution in [0.15, 0.2) is 30.3 Å². The van der Waals surface area contributed by atoms with Crippen molar-refractivity contribution in [3.63, 3.8) is 0 Å². The summed E-state index contributed by atoms with van der Waals surface area (Å²) in [4.78, 5) is 12.0. The molecule has 0 bridgehead atoms. The Hall–Kier alpha value is -1.65. The maximum atomic E-state index is 12.0. The van der Waals surface area contributed by atoms with E-state index in [1.807, 2.05) is 30.3 Å². The third-order valence-electron chi connectivity index (χ3n) is 3.89. The summed E-state index contributed by atoms with van der Waals surface area (Å²) in [6, 6.07) is 7.63. The van der Waals surface area contributed by atoms with Crippen molar-refractivity contribution in [3.8, 4) is 5.75 Å². The van der Waals surface area contributed by atoms with Crippen LogP contribution in [-0.2, 0) is 9.53 Å². The Balaban J connectivity index is 1.83. The van der Waals surface area contributed by atoms with Crippen molar-refractivity contribution in [1.82, 2.24) is 5.32 Å². The summed E-state index contributed by atoms with van der Waals surface area (Å²) >= 11 is 0. The average Bonchev–Trinajstić information content (AvgIpc) is 2.51. The lowest BCUT2D eigenvalue weighted by Gasteiger charge is -2.38. The van der Waals surface area contributed by atoms with Crippen LogP contribution in [0.25, 0.3) is 6.08 Å². The molecule has 2 unspecified atom stereocenters. The lowest BCUT2D eigenvalue weighted by Crippen LogP contribution is -2.51. The summed E-state index contributed by atoms with van der Waals surface area (Å²) < 4.78 is 11.1. The molecule has 0 radical (unpaired) electrons. The van der Waals surface area contributed by atoms with Crippen LogP contribution >= 0.6 is 0 Å². The smallest absolute Gasteiger partial charge is 0.155 e. The average molecular weight is 303 g/mol. The number of hydrogen-bond acceptors (Lipinski definition) is 4. The fourth-order valence-corrected chi connectivity index (χ4v) is 2.63. The predicted octanol–water partition coefficient (Wildman–Crippen LogP) is 2.82. The molecule has 120 valence electrons. The highest BCUT2D eigenvalue weighted by Gasteiger charge is 2.30. The summed E-state index contributed by atoms with van der Waals surface area (Å²) in [6.45, 7) is 5.79. The first kappa shape index (κ1) is 16.7. The number of morpholine rings is 1. The van der Waals surface area contributed by atoms with Gasteiger partial charge in [0.1, 0.15) is 5.75 Å². The number of ketones is 1. The summed E-state index contributed by atoms with van der Waals surface area (Å²) in [6.07, 6.45) is 4.91. The van der Waals surface area contributed by atoms with Crippen molar-refractivity contribution < 1.29 is 14.3 Å². The summed E-state index contributed by atoms with van der Waals surface area (Å²) in [7, 11) is 1.64. The van der Waals surface area contributed by atoms with Crippen LogP contribution in [0, 0.1) is 0 Å². The first-order valence-corrected chi connectivity index (χ1v) is 7.74. The first-order chi connectivity index (χ1) is 10.5. The van der Waals surface area contributed by atoms with Crippen LogP contribution < -0.4 is 10.1 Å². The number of benzene rings is 1. The third-order valence-corrected chi connectivity index (χ3v) is 3.89. The normalized spacial score (nSPS) is 25.3. The van der Waals surface area contributed by atoms with Gasteiger partial charge in [-0.1, -0.05) is 18.2 Å². The summed E-state index contributed by atoms with van der Waals surface area (Å²) in [5, 5.41) is 3.35. The largest absolute Gasteiger partial charge is 0.497 e. The van der Waals surface area contributed by atoms with Crippen molar-refractivity contribution >= 4 is 11.9 Å². The van der Waals surface area contributed by atoms with Gasteiger partial charge in [0.15, 0.2) is 5.78 Å². The molecule has 0 saturated carbocycles. The summed E-state index contributed by atoms with van der Waals surface area (Å²) in [5.41, 5.74) is 0.742. The summed E-state index contributed by atoms with van der Waals surface area (Å²) in [5.74, 6) is 0.936. The van der Waals surface area contributed by atoms with E-state index in [4.69, 9.17) is 9.47 Å². The Kier molecular flexibility index (Phi) is 5.75. The number of carbonyl (C=O) groups is 1. The molecule has 1 aromatic rings. The maximum Gasteiger partial charge on any atom is 0.155 e. The molecule has 0 aliphatic carbocycles. The maximum absolute atomic E-state index is 12.0. The zero-order chi connectivity index (χ0) is 16.0. The van der Waals surface area contributed by atoms with Crippen molar-refractivity contribution in [3.05, 3.63) is 35.9 Å². The Morgan fingerprint density at radius 2 is 2.18 bits per heavy atom. The van der Waals surface area contributed by atoms with E-state index in [-0.39, 0.29) is 17.5 Å². The van der Waals surface area contributed by atoms with E-state index in [9.17, 15) is 4.79 Å². The van der Waals surface area contributed by atoms with Gasteiger partial charge in [0.2, 0.25) is 0 Å².